The van der Waals surface area contributed by atoms with Crippen LogP contribution in [0.5, 0.6) is 0 Å². The summed E-state index contributed by atoms with van der Waals surface area (Å²) in [5.41, 5.74) is 5.94. The van der Waals surface area contributed by atoms with Crippen molar-refractivity contribution in [1.29, 1.82) is 0 Å². The Kier molecular flexibility index (Phi) is 4.10. The number of pyridine rings is 1. The molecule has 19 heavy (non-hydrogen) atoms. The standard InChI is InChI=1S/C13H21N3O2S/c1-9-3-4-12(10(2)7-9)16-19(17,18)13-8-15-6-5-11(13)14/h5-6,8-10,12,16H,3-4,7H2,1-2H3,(H2,14,15). The lowest BCUT2D eigenvalue weighted by Crippen LogP contribution is -2.42. The lowest BCUT2D eigenvalue weighted by atomic mass is 9.80. The van der Waals surface area contributed by atoms with Gasteiger partial charge in [-0.15, -0.1) is 0 Å². The Morgan fingerprint density at radius 2 is 2.11 bits per heavy atom. The minimum absolute atomic E-state index is 0.0131. The van der Waals surface area contributed by atoms with Gasteiger partial charge in [-0.25, -0.2) is 13.1 Å². The van der Waals surface area contributed by atoms with Crippen LogP contribution in [0.2, 0.25) is 0 Å². The number of anilines is 1. The monoisotopic (exact) mass is 283 g/mol. The highest BCUT2D eigenvalue weighted by molar-refractivity contribution is 7.89. The molecular weight excluding hydrogens is 262 g/mol. The molecule has 1 fully saturated rings. The highest BCUT2D eigenvalue weighted by Crippen LogP contribution is 2.30. The number of nitrogens with zero attached hydrogens (tertiary/aromatic N) is 1. The van der Waals surface area contributed by atoms with Gasteiger partial charge >= 0.3 is 0 Å². The fourth-order valence-electron chi connectivity index (χ4n) is 2.72. The minimum atomic E-state index is -3.58. The predicted molar refractivity (Wildman–Crippen MR) is 74.9 cm³/mol. The van der Waals surface area contributed by atoms with Crippen molar-refractivity contribution in [1.82, 2.24) is 9.71 Å². The Balaban J connectivity index is 2.16. The van der Waals surface area contributed by atoms with Crippen LogP contribution < -0.4 is 10.5 Å². The molecule has 1 aliphatic rings. The number of rotatable bonds is 3. The summed E-state index contributed by atoms with van der Waals surface area (Å²) in [6, 6.07) is 1.49. The molecule has 2 rings (SSSR count). The summed E-state index contributed by atoms with van der Waals surface area (Å²) < 4.78 is 27.4. The van der Waals surface area contributed by atoms with Crippen LogP contribution in [0, 0.1) is 11.8 Å². The second-order valence-electron chi connectivity index (χ2n) is 5.54. The smallest absolute Gasteiger partial charge is 0.244 e. The Morgan fingerprint density at radius 3 is 2.74 bits per heavy atom. The van der Waals surface area contributed by atoms with Gasteiger partial charge in [0.05, 0.1) is 5.69 Å². The first-order valence-electron chi connectivity index (χ1n) is 6.62. The maximum atomic E-state index is 12.3. The quantitative estimate of drug-likeness (QED) is 0.885. The van der Waals surface area contributed by atoms with Crippen LogP contribution in [0.1, 0.15) is 33.1 Å². The van der Waals surface area contributed by atoms with Crippen LogP contribution >= 0.6 is 0 Å². The lowest BCUT2D eigenvalue weighted by Gasteiger charge is -2.32. The van der Waals surface area contributed by atoms with Gasteiger partial charge in [-0.2, -0.15) is 0 Å². The molecule has 6 heteroatoms. The third-order valence-corrected chi connectivity index (χ3v) is 5.38. The number of nitrogen functional groups attached to an aromatic ring is 1. The second-order valence-corrected chi connectivity index (χ2v) is 7.22. The van der Waals surface area contributed by atoms with Crippen molar-refractivity contribution < 1.29 is 8.42 Å². The average molecular weight is 283 g/mol. The van der Waals surface area contributed by atoms with E-state index in [1.54, 1.807) is 0 Å². The van der Waals surface area contributed by atoms with E-state index in [0.717, 1.165) is 19.3 Å². The summed E-state index contributed by atoms with van der Waals surface area (Å²) in [7, 11) is -3.58. The molecule has 1 aliphatic carbocycles. The molecule has 0 bridgehead atoms. The van der Waals surface area contributed by atoms with Gasteiger partial charge in [-0.05, 0) is 37.2 Å². The first-order valence-corrected chi connectivity index (χ1v) is 8.10. The molecule has 5 nitrogen and oxygen atoms in total. The van der Waals surface area contributed by atoms with Crippen LogP contribution in [-0.4, -0.2) is 19.4 Å². The number of nitrogens with one attached hydrogen (secondary N) is 1. The Morgan fingerprint density at radius 1 is 1.37 bits per heavy atom. The molecule has 106 valence electrons. The van der Waals surface area contributed by atoms with E-state index in [4.69, 9.17) is 5.73 Å². The van der Waals surface area contributed by atoms with E-state index < -0.39 is 10.0 Å². The zero-order valence-electron chi connectivity index (χ0n) is 11.3. The van der Waals surface area contributed by atoms with E-state index in [1.165, 1.54) is 18.5 Å². The highest BCUT2D eigenvalue weighted by atomic mass is 32.2. The maximum Gasteiger partial charge on any atom is 0.244 e. The molecular formula is C13H21N3O2S. The van der Waals surface area contributed by atoms with E-state index in [9.17, 15) is 8.42 Å². The molecule has 1 saturated carbocycles. The van der Waals surface area contributed by atoms with E-state index in [2.05, 4.69) is 23.6 Å². The number of aromatic nitrogens is 1. The first kappa shape index (κ1) is 14.3. The predicted octanol–water partition coefficient (Wildman–Crippen LogP) is 1.77. The van der Waals surface area contributed by atoms with Crippen LogP contribution in [0.4, 0.5) is 5.69 Å². The molecule has 0 spiro atoms. The summed E-state index contributed by atoms with van der Waals surface area (Å²) in [6.07, 6.45) is 5.77. The van der Waals surface area contributed by atoms with Gasteiger partial charge in [0.25, 0.3) is 0 Å². The van der Waals surface area contributed by atoms with E-state index >= 15 is 0 Å². The molecule has 3 unspecified atom stereocenters. The summed E-state index contributed by atoms with van der Waals surface area (Å²) >= 11 is 0. The molecule has 3 atom stereocenters. The normalized spacial score (nSPS) is 28.2. The fourth-order valence-corrected chi connectivity index (χ4v) is 4.17. The maximum absolute atomic E-state index is 12.3. The molecule has 0 aliphatic heterocycles. The van der Waals surface area contributed by atoms with Crippen molar-refractivity contribution in [3.63, 3.8) is 0 Å². The van der Waals surface area contributed by atoms with Crippen molar-refractivity contribution in [3.8, 4) is 0 Å². The molecule has 0 amide bonds. The Hall–Kier alpha value is -1.14. The molecule has 0 aromatic carbocycles. The number of hydrogen-bond donors (Lipinski definition) is 2. The van der Waals surface area contributed by atoms with E-state index in [1.807, 2.05) is 0 Å². The van der Waals surface area contributed by atoms with Crippen molar-refractivity contribution >= 4 is 15.7 Å². The molecule has 0 radical (unpaired) electrons. The third kappa shape index (κ3) is 3.25. The van der Waals surface area contributed by atoms with E-state index in [-0.39, 0.29) is 16.6 Å². The summed E-state index contributed by atoms with van der Waals surface area (Å²) in [6.45, 7) is 4.30. The summed E-state index contributed by atoms with van der Waals surface area (Å²) in [5.74, 6) is 1.01. The Bertz CT molecular complexity index is 545. The van der Waals surface area contributed by atoms with Gasteiger partial charge in [0, 0.05) is 18.4 Å². The highest BCUT2D eigenvalue weighted by Gasteiger charge is 2.30. The molecule has 1 aromatic rings. The van der Waals surface area contributed by atoms with Gasteiger partial charge in [-0.3, -0.25) is 4.98 Å². The number of sulfonamides is 1. The van der Waals surface area contributed by atoms with Crippen LogP contribution in [0.3, 0.4) is 0 Å². The van der Waals surface area contributed by atoms with Crippen molar-refractivity contribution in [3.05, 3.63) is 18.5 Å². The Labute approximate surface area is 114 Å². The summed E-state index contributed by atoms with van der Waals surface area (Å²) in [4.78, 5) is 3.91. The van der Waals surface area contributed by atoms with Gasteiger partial charge in [-0.1, -0.05) is 13.8 Å². The third-order valence-electron chi connectivity index (χ3n) is 3.84. The van der Waals surface area contributed by atoms with Crippen molar-refractivity contribution in [2.45, 2.75) is 44.0 Å². The van der Waals surface area contributed by atoms with Crippen LogP contribution in [-0.2, 0) is 10.0 Å². The zero-order chi connectivity index (χ0) is 14.0. The van der Waals surface area contributed by atoms with Gasteiger partial charge in [0.15, 0.2) is 0 Å². The molecule has 1 heterocycles. The zero-order valence-corrected chi connectivity index (χ0v) is 12.2. The van der Waals surface area contributed by atoms with Gasteiger partial charge in [0.2, 0.25) is 10.0 Å². The largest absolute Gasteiger partial charge is 0.398 e. The SMILES string of the molecule is CC1CCC(NS(=O)(=O)c2cnccc2N)C(C)C1. The van der Waals surface area contributed by atoms with Gasteiger partial charge < -0.3 is 5.73 Å². The minimum Gasteiger partial charge on any atom is -0.398 e. The molecule has 0 saturated heterocycles. The second kappa shape index (κ2) is 5.46. The topological polar surface area (TPSA) is 85.1 Å². The average Bonchev–Trinajstić information content (AvgIpc) is 2.33. The fraction of sp³-hybridized carbons (Fsp3) is 0.615. The molecule has 3 N–H and O–H groups in total. The van der Waals surface area contributed by atoms with Crippen LogP contribution in [0.15, 0.2) is 23.4 Å². The van der Waals surface area contributed by atoms with E-state index in [0.29, 0.717) is 11.8 Å². The van der Waals surface area contributed by atoms with Crippen molar-refractivity contribution in [2.24, 2.45) is 11.8 Å². The summed E-state index contributed by atoms with van der Waals surface area (Å²) in [5, 5.41) is 0. The molecule has 1 aromatic heterocycles. The van der Waals surface area contributed by atoms with Gasteiger partial charge in [0.1, 0.15) is 4.90 Å². The van der Waals surface area contributed by atoms with Crippen LogP contribution in [0.25, 0.3) is 0 Å². The van der Waals surface area contributed by atoms with Crippen molar-refractivity contribution in [2.75, 3.05) is 5.73 Å². The number of nitrogens with two attached hydrogens (primary N) is 1. The first-order chi connectivity index (χ1) is 8.90. The number of hydrogen-bond acceptors (Lipinski definition) is 4. The lowest BCUT2D eigenvalue weighted by molar-refractivity contribution is 0.249.